The quantitative estimate of drug-likeness (QED) is 0.923. The Morgan fingerprint density at radius 3 is 2.83 bits per heavy atom. The van der Waals surface area contributed by atoms with Crippen LogP contribution in [-0.2, 0) is 6.42 Å². The van der Waals surface area contributed by atoms with Gasteiger partial charge in [-0.1, -0.05) is 29.8 Å². The van der Waals surface area contributed by atoms with E-state index in [-0.39, 0.29) is 11.1 Å². The minimum Gasteiger partial charge on any atom is -0.322 e. The molecule has 1 unspecified atom stereocenters. The molecule has 0 fully saturated rings. The fraction of sp³-hybridized carbons (Fsp3) is 0.214. The number of nitrogens with zero attached hydrogens (tertiary/aromatic N) is 1. The second kappa shape index (κ2) is 5.46. The molecule has 1 heterocycles. The molecule has 0 bridgehead atoms. The molecule has 0 spiro atoms. The van der Waals surface area contributed by atoms with E-state index in [1.807, 2.05) is 19.1 Å². The Morgan fingerprint density at radius 1 is 1.33 bits per heavy atom. The second-order valence-electron chi connectivity index (χ2n) is 4.23. The molecule has 18 heavy (non-hydrogen) atoms. The van der Waals surface area contributed by atoms with Gasteiger partial charge in [-0.2, -0.15) is 0 Å². The third kappa shape index (κ3) is 2.68. The van der Waals surface area contributed by atoms with E-state index in [2.05, 4.69) is 4.98 Å². The Morgan fingerprint density at radius 2 is 2.11 bits per heavy atom. The van der Waals surface area contributed by atoms with Gasteiger partial charge in [0.2, 0.25) is 0 Å². The number of aromatic nitrogens is 1. The van der Waals surface area contributed by atoms with E-state index in [1.165, 1.54) is 6.07 Å². The fourth-order valence-corrected chi connectivity index (χ4v) is 2.13. The highest BCUT2D eigenvalue weighted by Crippen LogP contribution is 2.24. The van der Waals surface area contributed by atoms with Crippen molar-refractivity contribution in [1.29, 1.82) is 0 Å². The molecule has 2 aromatic rings. The normalized spacial score (nSPS) is 12.4. The third-order valence-corrected chi connectivity index (χ3v) is 3.30. The van der Waals surface area contributed by atoms with Crippen molar-refractivity contribution in [2.75, 3.05) is 0 Å². The molecule has 1 atom stereocenters. The molecular formula is C14H14ClFN2. The molecule has 2 nitrogen and oxygen atoms in total. The molecule has 0 aliphatic heterocycles. The zero-order chi connectivity index (χ0) is 13.1. The van der Waals surface area contributed by atoms with Crippen LogP contribution in [0.1, 0.15) is 22.9 Å². The Balaban J connectivity index is 2.24. The van der Waals surface area contributed by atoms with Crippen molar-refractivity contribution in [3.8, 4) is 0 Å². The van der Waals surface area contributed by atoms with Crippen LogP contribution in [0.4, 0.5) is 4.39 Å². The van der Waals surface area contributed by atoms with E-state index in [9.17, 15) is 4.39 Å². The summed E-state index contributed by atoms with van der Waals surface area (Å²) in [7, 11) is 0. The first-order valence-corrected chi connectivity index (χ1v) is 6.07. The molecule has 0 amide bonds. The molecule has 0 aliphatic carbocycles. The van der Waals surface area contributed by atoms with Crippen molar-refractivity contribution in [2.24, 2.45) is 5.73 Å². The van der Waals surface area contributed by atoms with Gasteiger partial charge < -0.3 is 5.73 Å². The first-order valence-electron chi connectivity index (χ1n) is 5.69. The molecule has 2 rings (SSSR count). The maximum absolute atomic E-state index is 13.3. The molecule has 0 saturated carbocycles. The summed E-state index contributed by atoms with van der Waals surface area (Å²) in [6.07, 6.45) is 2.17. The fourth-order valence-electron chi connectivity index (χ4n) is 1.93. The van der Waals surface area contributed by atoms with Crippen molar-refractivity contribution in [1.82, 2.24) is 4.98 Å². The Hall–Kier alpha value is -1.45. The van der Waals surface area contributed by atoms with Crippen molar-refractivity contribution < 1.29 is 4.39 Å². The SMILES string of the molecule is Cc1cccnc1C(N)Cc1cccc(F)c1Cl. The summed E-state index contributed by atoms with van der Waals surface area (Å²) in [6, 6.07) is 8.28. The molecule has 94 valence electrons. The Labute approximate surface area is 111 Å². The van der Waals surface area contributed by atoms with Crippen molar-refractivity contribution in [3.63, 3.8) is 0 Å². The molecule has 2 N–H and O–H groups in total. The van der Waals surface area contributed by atoms with E-state index in [0.29, 0.717) is 12.0 Å². The summed E-state index contributed by atoms with van der Waals surface area (Å²) in [5.41, 5.74) is 8.65. The summed E-state index contributed by atoms with van der Waals surface area (Å²) in [6.45, 7) is 1.95. The first kappa shape index (κ1) is 13.0. The summed E-state index contributed by atoms with van der Waals surface area (Å²) in [5.74, 6) is -0.417. The average molecular weight is 265 g/mol. The predicted octanol–water partition coefficient (Wildman–Crippen LogP) is 3.43. The number of benzene rings is 1. The van der Waals surface area contributed by atoms with Gasteiger partial charge in [0.25, 0.3) is 0 Å². The lowest BCUT2D eigenvalue weighted by molar-refractivity contribution is 0.621. The third-order valence-electron chi connectivity index (χ3n) is 2.87. The van der Waals surface area contributed by atoms with Gasteiger partial charge >= 0.3 is 0 Å². The van der Waals surface area contributed by atoms with Gasteiger partial charge in [-0.25, -0.2) is 4.39 Å². The van der Waals surface area contributed by atoms with Crippen LogP contribution < -0.4 is 5.73 Å². The minimum absolute atomic E-state index is 0.140. The Kier molecular flexibility index (Phi) is 3.94. The van der Waals surface area contributed by atoms with Gasteiger partial charge in [0.1, 0.15) is 5.82 Å². The second-order valence-corrected chi connectivity index (χ2v) is 4.61. The number of nitrogens with two attached hydrogens (primary N) is 1. The van der Waals surface area contributed by atoms with Crippen LogP contribution in [0.2, 0.25) is 5.02 Å². The van der Waals surface area contributed by atoms with Gasteiger partial charge in [-0.05, 0) is 36.6 Å². The lowest BCUT2D eigenvalue weighted by Gasteiger charge is -2.14. The largest absolute Gasteiger partial charge is 0.322 e. The van der Waals surface area contributed by atoms with E-state index >= 15 is 0 Å². The predicted molar refractivity (Wildman–Crippen MR) is 71.0 cm³/mol. The number of hydrogen-bond donors (Lipinski definition) is 1. The van der Waals surface area contributed by atoms with E-state index in [0.717, 1.165) is 11.3 Å². The van der Waals surface area contributed by atoms with Crippen LogP contribution >= 0.6 is 11.6 Å². The first-order chi connectivity index (χ1) is 8.59. The average Bonchev–Trinajstić information content (AvgIpc) is 2.35. The molecule has 1 aromatic heterocycles. The molecule has 1 aromatic carbocycles. The van der Waals surface area contributed by atoms with Crippen LogP contribution in [0.25, 0.3) is 0 Å². The van der Waals surface area contributed by atoms with Crippen LogP contribution in [0.15, 0.2) is 36.5 Å². The minimum atomic E-state index is -0.417. The number of halogens is 2. The maximum Gasteiger partial charge on any atom is 0.142 e. The van der Waals surface area contributed by atoms with Crippen LogP contribution in [0.3, 0.4) is 0 Å². The summed E-state index contributed by atoms with van der Waals surface area (Å²) in [5, 5.41) is 0.140. The topological polar surface area (TPSA) is 38.9 Å². The summed E-state index contributed by atoms with van der Waals surface area (Å²) in [4.78, 5) is 4.26. The summed E-state index contributed by atoms with van der Waals surface area (Å²) >= 11 is 5.91. The van der Waals surface area contributed by atoms with E-state index in [1.54, 1.807) is 18.3 Å². The van der Waals surface area contributed by atoms with E-state index in [4.69, 9.17) is 17.3 Å². The van der Waals surface area contributed by atoms with Crippen molar-refractivity contribution in [3.05, 3.63) is 64.2 Å². The maximum atomic E-state index is 13.3. The number of aryl methyl sites for hydroxylation is 1. The number of pyridine rings is 1. The van der Waals surface area contributed by atoms with Crippen LogP contribution in [-0.4, -0.2) is 4.98 Å². The highest BCUT2D eigenvalue weighted by molar-refractivity contribution is 6.31. The van der Waals surface area contributed by atoms with Gasteiger partial charge in [0.05, 0.1) is 16.8 Å². The Bertz CT molecular complexity index is 557. The van der Waals surface area contributed by atoms with Gasteiger partial charge in [0.15, 0.2) is 0 Å². The molecule has 0 aliphatic rings. The van der Waals surface area contributed by atoms with E-state index < -0.39 is 5.82 Å². The molecule has 4 heteroatoms. The number of rotatable bonds is 3. The smallest absolute Gasteiger partial charge is 0.142 e. The lowest BCUT2D eigenvalue weighted by atomic mass is 10.0. The number of hydrogen-bond acceptors (Lipinski definition) is 2. The highest BCUT2D eigenvalue weighted by atomic mass is 35.5. The van der Waals surface area contributed by atoms with Gasteiger partial charge in [-0.3, -0.25) is 4.98 Å². The zero-order valence-electron chi connectivity index (χ0n) is 10.0. The lowest BCUT2D eigenvalue weighted by Crippen LogP contribution is -2.16. The van der Waals surface area contributed by atoms with Crippen molar-refractivity contribution >= 4 is 11.6 Å². The monoisotopic (exact) mass is 264 g/mol. The summed E-state index contributed by atoms with van der Waals surface area (Å²) < 4.78 is 13.3. The van der Waals surface area contributed by atoms with Gasteiger partial charge in [-0.15, -0.1) is 0 Å². The molecule has 0 saturated heterocycles. The van der Waals surface area contributed by atoms with Crippen molar-refractivity contribution in [2.45, 2.75) is 19.4 Å². The van der Waals surface area contributed by atoms with Crippen LogP contribution in [0, 0.1) is 12.7 Å². The van der Waals surface area contributed by atoms with Crippen LogP contribution in [0.5, 0.6) is 0 Å². The zero-order valence-corrected chi connectivity index (χ0v) is 10.8. The highest BCUT2D eigenvalue weighted by Gasteiger charge is 2.14. The molecule has 0 radical (unpaired) electrons. The van der Waals surface area contributed by atoms with Gasteiger partial charge in [0, 0.05) is 6.20 Å². The standard InChI is InChI=1S/C14H14ClFN2/c1-9-4-3-7-18-14(9)12(17)8-10-5-2-6-11(16)13(10)15/h2-7,12H,8,17H2,1H3. The molecular weight excluding hydrogens is 251 g/mol.